The highest BCUT2D eigenvalue weighted by molar-refractivity contribution is 7.90. The molecule has 1 aliphatic heterocycles. The van der Waals surface area contributed by atoms with E-state index in [-0.39, 0.29) is 16.7 Å². The number of nitrogens with zero attached hydrogens (tertiary/aromatic N) is 2. The van der Waals surface area contributed by atoms with Crippen LogP contribution >= 0.6 is 0 Å². The molecular formula is C21H27N5O4S. The molecule has 31 heavy (non-hydrogen) atoms. The number of ether oxygens (including phenoxy) is 1. The Morgan fingerprint density at radius 2 is 1.90 bits per heavy atom. The van der Waals surface area contributed by atoms with Crippen molar-refractivity contribution in [2.45, 2.75) is 50.0 Å². The third kappa shape index (κ3) is 3.67. The van der Waals surface area contributed by atoms with Crippen LogP contribution < -0.4 is 20.1 Å². The number of rotatable bonds is 5. The fourth-order valence-electron chi connectivity index (χ4n) is 5.01. The fourth-order valence-corrected chi connectivity index (χ4v) is 5.99. The van der Waals surface area contributed by atoms with E-state index in [1.807, 2.05) is 7.05 Å². The zero-order valence-corrected chi connectivity index (χ0v) is 18.3. The minimum absolute atomic E-state index is 0.117. The van der Waals surface area contributed by atoms with Gasteiger partial charge in [-0.25, -0.2) is 22.6 Å². The summed E-state index contributed by atoms with van der Waals surface area (Å²) >= 11 is 0. The maximum Gasteiger partial charge on any atom is 0.333 e. The number of hydrogen-bond donors (Lipinski definition) is 3. The van der Waals surface area contributed by atoms with E-state index in [1.54, 1.807) is 0 Å². The Hall–Kier alpha value is -2.59. The Kier molecular flexibility index (Phi) is 5.13. The van der Waals surface area contributed by atoms with Gasteiger partial charge in [0.25, 0.3) is 10.0 Å². The SMILES string of the molecule is CNC[C@H]1COc2c(S(=O)(=O)NC(=O)Nc3c4c(cc5c3CCC5)CCC4)cnn2C1. The summed E-state index contributed by atoms with van der Waals surface area (Å²) in [6.45, 7) is 1.69. The molecule has 166 valence electrons. The maximum absolute atomic E-state index is 12.9. The van der Waals surface area contributed by atoms with Crippen LogP contribution in [-0.2, 0) is 42.3 Å². The van der Waals surface area contributed by atoms with Gasteiger partial charge in [0, 0.05) is 18.2 Å². The van der Waals surface area contributed by atoms with Crippen molar-refractivity contribution in [1.82, 2.24) is 19.8 Å². The summed E-state index contributed by atoms with van der Waals surface area (Å²) in [5.41, 5.74) is 5.64. The zero-order chi connectivity index (χ0) is 21.6. The Bertz CT molecular complexity index is 1110. The van der Waals surface area contributed by atoms with Crippen LogP contribution in [0, 0.1) is 5.92 Å². The number of carbonyl (C=O) groups is 1. The molecule has 0 fully saturated rings. The smallest absolute Gasteiger partial charge is 0.333 e. The minimum Gasteiger partial charge on any atom is -0.476 e. The van der Waals surface area contributed by atoms with E-state index < -0.39 is 16.1 Å². The summed E-state index contributed by atoms with van der Waals surface area (Å²) in [4.78, 5) is 12.6. The lowest BCUT2D eigenvalue weighted by molar-refractivity contribution is 0.159. The van der Waals surface area contributed by atoms with Crippen LogP contribution in [0.15, 0.2) is 17.2 Å². The molecule has 0 saturated heterocycles. The van der Waals surface area contributed by atoms with Crippen LogP contribution in [0.3, 0.4) is 0 Å². The third-order valence-electron chi connectivity index (χ3n) is 6.37. The third-order valence-corrected chi connectivity index (χ3v) is 7.68. The van der Waals surface area contributed by atoms with Gasteiger partial charge in [0.05, 0.1) is 19.3 Å². The molecule has 0 bridgehead atoms. The summed E-state index contributed by atoms with van der Waals surface area (Å²) in [7, 11) is -2.27. The molecule has 9 nitrogen and oxygen atoms in total. The van der Waals surface area contributed by atoms with Crippen molar-refractivity contribution in [2.75, 3.05) is 25.5 Å². The number of fused-ring (bicyclic) bond motifs is 3. The van der Waals surface area contributed by atoms with Crippen molar-refractivity contribution in [3.63, 3.8) is 0 Å². The average molecular weight is 446 g/mol. The molecule has 0 unspecified atom stereocenters. The molecule has 0 saturated carbocycles. The molecule has 5 rings (SSSR count). The molecule has 1 aromatic carbocycles. The predicted molar refractivity (Wildman–Crippen MR) is 115 cm³/mol. The fraction of sp³-hybridized carbons (Fsp3) is 0.524. The first kappa shape index (κ1) is 20.3. The van der Waals surface area contributed by atoms with Crippen LogP contribution in [0.5, 0.6) is 5.88 Å². The second kappa shape index (κ2) is 7.83. The molecule has 3 N–H and O–H groups in total. The Morgan fingerprint density at radius 1 is 1.19 bits per heavy atom. The van der Waals surface area contributed by atoms with Crippen LogP contribution in [0.4, 0.5) is 10.5 Å². The molecule has 1 aromatic heterocycles. The van der Waals surface area contributed by atoms with E-state index in [0.717, 1.165) is 61.9 Å². The van der Waals surface area contributed by atoms with Gasteiger partial charge in [-0.3, -0.25) is 0 Å². The minimum atomic E-state index is -4.12. The number of benzene rings is 1. The summed E-state index contributed by atoms with van der Waals surface area (Å²) in [5.74, 6) is 0.376. The maximum atomic E-state index is 12.9. The first-order chi connectivity index (χ1) is 15.0. The average Bonchev–Trinajstić information content (AvgIpc) is 3.46. The molecule has 10 heteroatoms. The largest absolute Gasteiger partial charge is 0.476 e. The lowest BCUT2D eigenvalue weighted by atomic mass is 9.99. The van der Waals surface area contributed by atoms with Crippen LogP contribution in [0.25, 0.3) is 0 Å². The zero-order valence-electron chi connectivity index (χ0n) is 17.5. The molecule has 3 aliphatic rings. The van der Waals surface area contributed by atoms with Crippen molar-refractivity contribution < 1.29 is 17.9 Å². The van der Waals surface area contributed by atoms with E-state index >= 15 is 0 Å². The van der Waals surface area contributed by atoms with Gasteiger partial charge in [-0.1, -0.05) is 6.07 Å². The summed E-state index contributed by atoms with van der Waals surface area (Å²) in [5, 5.41) is 10.1. The van der Waals surface area contributed by atoms with Crippen molar-refractivity contribution >= 4 is 21.7 Å². The van der Waals surface area contributed by atoms with Gasteiger partial charge in [0.15, 0.2) is 4.90 Å². The van der Waals surface area contributed by atoms with Gasteiger partial charge in [-0.05, 0) is 67.8 Å². The quantitative estimate of drug-likeness (QED) is 0.644. The van der Waals surface area contributed by atoms with Crippen molar-refractivity contribution in [3.8, 4) is 5.88 Å². The van der Waals surface area contributed by atoms with Crippen molar-refractivity contribution in [3.05, 3.63) is 34.5 Å². The number of amides is 2. The first-order valence-electron chi connectivity index (χ1n) is 10.8. The summed E-state index contributed by atoms with van der Waals surface area (Å²) in [6, 6.07) is 1.51. The van der Waals surface area contributed by atoms with Crippen LogP contribution in [-0.4, -0.2) is 44.4 Å². The van der Waals surface area contributed by atoms with E-state index in [9.17, 15) is 13.2 Å². The highest BCUT2D eigenvalue weighted by Crippen LogP contribution is 2.38. The number of aromatic nitrogens is 2. The molecule has 0 spiro atoms. The second-order valence-corrected chi connectivity index (χ2v) is 10.2. The predicted octanol–water partition coefficient (Wildman–Crippen LogP) is 1.60. The number of anilines is 1. The highest BCUT2D eigenvalue weighted by Gasteiger charge is 2.32. The van der Waals surface area contributed by atoms with Crippen molar-refractivity contribution in [1.29, 1.82) is 0 Å². The van der Waals surface area contributed by atoms with E-state index in [1.165, 1.54) is 22.0 Å². The normalized spacial score (nSPS) is 19.3. The Labute approximate surface area is 181 Å². The van der Waals surface area contributed by atoms with Crippen LogP contribution in [0.2, 0.25) is 0 Å². The van der Waals surface area contributed by atoms with Gasteiger partial charge >= 0.3 is 6.03 Å². The number of aryl methyl sites for hydroxylation is 2. The highest BCUT2D eigenvalue weighted by atomic mass is 32.2. The molecule has 1 atom stereocenters. The van der Waals surface area contributed by atoms with Gasteiger partial charge < -0.3 is 15.4 Å². The van der Waals surface area contributed by atoms with E-state index in [4.69, 9.17) is 4.74 Å². The standard InChI is InChI=1S/C21H27N5O4S/c1-22-9-13-11-26-20(30-12-13)18(10-23-26)31(28,29)25-21(27)24-19-16-6-2-4-14(16)8-15-5-3-7-17(15)19/h8,10,13,22H,2-7,9,11-12H2,1H3,(H2,24,25,27)/t13-/m1/s1. The van der Waals surface area contributed by atoms with Crippen LogP contribution in [0.1, 0.15) is 35.1 Å². The molecule has 2 heterocycles. The number of urea groups is 1. The first-order valence-corrected chi connectivity index (χ1v) is 12.3. The topological polar surface area (TPSA) is 114 Å². The number of nitrogens with one attached hydrogen (secondary N) is 3. The summed E-state index contributed by atoms with van der Waals surface area (Å²) in [6.07, 6.45) is 7.18. The Balaban J connectivity index is 1.36. The molecule has 2 amide bonds. The van der Waals surface area contributed by atoms with E-state index in [2.05, 4.69) is 26.5 Å². The molecule has 0 radical (unpaired) electrons. The lowest BCUT2D eigenvalue weighted by Crippen LogP contribution is -2.36. The Morgan fingerprint density at radius 3 is 2.58 bits per heavy atom. The monoisotopic (exact) mass is 445 g/mol. The second-order valence-electron chi connectivity index (χ2n) is 8.52. The lowest BCUT2D eigenvalue weighted by Gasteiger charge is -2.24. The van der Waals surface area contributed by atoms with E-state index in [0.29, 0.717) is 13.2 Å². The summed E-state index contributed by atoms with van der Waals surface area (Å²) < 4.78 is 35.2. The number of hydrogen-bond acceptors (Lipinski definition) is 6. The molecule has 2 aromatic rings. The van der Waals surface area contributed by atoms with Crippen molar-refractivity contribution in [2.24, 2.45) is 5.92 Å². The van der Waals surface area contributed by atoms with Gasteiger partial charge in [-0.15, -0.1) is 0 Å². The van der Waals surface area contributed by atoms with Gasteiger partial charge in [0.2, 0.25) is 5.88 Å². The molecule has 2 aliphatic carbocycles. The van der Waals surface area contributed by atoms with Gasteiger partial charge in [-0.2, -0.15) is 5.10 Å². The molecular weight excluding hydrogens is 418 g/mol. The van der Waals surface area contributed by atoms with Gasteiger partial charge in [0.1, 0.15) is 0 Å². The number of sulfonamides is 1. The number of carbonyl (C=O) groups excluding carboxylic acids is 1.